The summed E-state index contributed by atoms with van der Waals surface area (Å²) in [4.78, 5) is 4.61. The highest BCUT2D eigenvalue weighted by molar-refractivity contribution is 5.46. The van der Waals surface area contributed by atoms with Crippen LogP contribution >= 0.6 is 0 Å². The molecule has 2 aliphatic carbocycles. The van der Waals surface area contributed by atoms with E-state index in [9.17, 15) is 9.50 Å². The molecule has 4 atom stereocenters. The van der Waals surface area contributed by atoms with Gasteiger partial charge in [0.1, 0.15) is 5.82 Å². The molecule has 0 radical (unpaired) electrons. The predicted octanol–water partition coefficient (Wildman–Crippen LogP) is 3.93. The molecule has 1 heterocycles. The average molecular weight is 405 g/mol. The molecule has 1 aliphatic heterocycles. The number of aliphatic hydroxyl groups excluding tert-OH is 1. The molecule has 4 nitrogen and oxygen atoms in total. The molecule has 2 saturated carbocycles. The van der Waals surface area contributed by atoms with Gasteiger partial charge < -0.3 is 14.7 Å². The number of halogens is 1. The fraction of sp³-hybridized carbons (Fsp3) is 0.750. The van der Waals surface area contributed by atoms with E-state index in [0.717, 1.165) is 37.8 Å². The number of nitrogens with zero attached hydrogens (tertiary/aromatic N) is 2. The van der Waals surface area contributed by atoms with Crippen LogP contribution in [0.1, 0.15) is 46.5 Å². The molecule has 0 aromatic heterocycles. The van der Waals surface area contributed by atoms with Crippen LogP contribution in [0.5, 0.6) is 0 Å². The van der Waals surface area contributed by atoms with Gasteiger partial charge in [0.25, 0.3) is 0 Å². The summed E-state index contributed by atoms with van der Waals surface area (Å²) in [6.07, 6.45) is 4.52. The number of piperazine rings is 1. The third-order valence-electron chi connectivity index (χ3n) is 8.52. The second-order valence-corrected chi connectivity index (χ2v) is 10.2. The zero-order valence-corrected chi connectivity index (χ0v) is 18.2. The van der Waals surface area contributed by atoms with Gasteiger partial charge in [-0.05, 0) is 66.7 Å². The van der Waals surface area contributed by atoms with Crippen molar-refractivity contribution in [2.24, 2.45) is 16.7 Å². The maximum Gasteiger partial charge on any atom is 0.123 e. The van der Waals surface area contributed by atoms with Gasteiger partial charge in [-0.25, -0.2) is 4.39 Å². The number of benzene rings is 1. The van der Waals surface area contributed by atoms with Crippen LogP contribution in [0.3, 0.4) is 0 Å². The number of hydrogen-bond donors (Lipinski definition) is 1. The van der Waals surface area contributed by atoms with Gasteiger partial charge in [-0.15, -0.1) is 0 Å². The van der Waals surface area contributed by atoms with Crippen molar-refractivity contribution in [3.05, 3.63) is 30.1 Å². The van der Waals surface area contributed by atoms with Gasteiger partial charge in [0, 0.05) is 45.0 Å². The van der Waals surface area contributed by atoms with E-state index in [1.807, 2.05) is 12.1 Å². The Bertz CT molecular complexity index is 687. The molecule has 1 saturated heterocycles. The highest BCUT2D eigenvalue weighted by Crippen LogP contribution is 2.66. The van der Waals surface area contributed by atoms with Crippen molar-refractivity contribution in [3.8, 4) is 0 Å². The first kappa shape index (κ1) is 21.1. The number of rotatable bonds is 7. The van der Waals surface area contributed by atoms with Crippen molar-refractivity contribution in [1.82, 2.24) is 4.90 Å². The summed E-state index contributed by atoms with van der Waals surface area (Å²) in [5.74, 6) is 0.598. The molecule has 1 N–H and O–H groups in total. The molecular formula is C24H37FN2O2. The van der Waals surface area contributed by atoms with Gasteiger partial charge in [-0.2, -0.15) is 0 Å². The first-order chi connectivity index (χ1) is 13.8. The Labute approximate surface area is 175 Å². The average Bonchev–Trinajstić information content (AvgIpc) is 3.03. The molecule has 0 amide bonds. The van der Waals surface area contributed by atoms with Crippen molar-refractivity contribution in [2.45, 2.75) is 58.7 Å². The third kappa shape index (κ3) is 4.06. The minimum Gasteiger partial charge on any atom is -0.392 e. The molecule has 5 heteroatoms. The molecule has 0 unspecified atom stereocenters. The first-order valence-corrected chi connectivity index (χ1v) is 11.3. The lowest BCUT2D eigenvalue weighted by atomic mass is 9.70. The Balaban J connectivity index is 1.17. The van der Waals surface area contributed by atoms with Gasteiger partial charge >= 0.3 is 0 Å². The van der Waals surface area contributed by atoms with Crippen LogP contribution in [-0.4, -0.2) is 61.5 Å². The van der Waals surface area contributed by atoms with Crippen LogP contribution < -0.4 is 4.90 Å². The quantitative estimate of drug-likeness (QED) is 0.747. The third-order valence-corrected chi connectivity index (χ3v) is 8.52. The predicted molar refractivity (Wildman–Crippen MR) is 115 cm³/mol. The van der Waals surface area contributed by atoms with Gasteiger partial charge in [-0.1, -0.05) is 20.8 Å². The van der Waals surface area contributed by atoms with Crippen LogP contribution in [-0.2, 0) is 4.74 Å². The first-order valence-electron chi connectivity index (χ1n) is 11.3. The smallest absolute Gasteiger partial charge is 0.123 e. The lowest BCUT2D eigenvalue weighted by Crippen LogP contribution is -2.48. The fourth-order valence-electron chi connectivity index (χ4n) is 5.96. The minimum absolute atomic E-state index is 0.194. The molecule has 162 valence electrons. The van der Waals surface area contributed by atoms with Crippen LogP contribution in [0, 0.1) is 22.6 Å². The van der Waals surface area contributed by atoms with E-state index in [1.165, 1.54) is 31.4 Å². The van der Waals surface area contributed by atoms with E-state index in [2.05, 4.69) is 30.6 Å². The topological polar surface area (TPSA) is 35.9 Å². The normalized spacial score (nSPS) is 32.7. The van der Waals surface area contributed by atoms with Crippen LogP contribution in [0.2, 0.25) is 0 Å². The van der Waals surface area contributed by atoms with E-state index < -0.39 is 0 Å². The highest BCUT2D eigenvalue weighted by atomic mass is 19.1. The molecular weight excluding hydrogens is 367 g/mol. The van der Waals surface area contributed by atoms with E-state index in [4.69, 9.17) is 4.74 Å². The molecule has 29 heavy (non-hydrogen) atoms. The molecule has 1 aromatic carbocycles. The second kappa shape index (κ2) is 8.16. The fourth-order valence-corrected chi connectivity index (χ4v) is 5.96. The van der Waals surface area contributed by atoms with E-state index >= 15 is 0 Å². The summed E-state index contributed by atoms with van der Waals surface area (Å²) in [5.41, 5.74) is 1.74. The molecule has 2 bridgehead atoms. The molecule has 3 aliphatic rings. The van der Waals surface area contributed by atoms with Crippen molar-refractivity contribution in [3.63, 3.8) is 0 Å². The standard InChI is InChI=1S/C24H37FN2O2/c1-23(2)18-8-10-24(23,3)22(16-18)29-15-9-21(28)17-26-11-13-27(14-12-26)20-6-4-19(25)5-7-20/h4-7,18,21-22,28H,8-17H2,1-3H3/t18-,21+,22-,24+/m1/s1. The lowest BCUT2D eigenvalue weighted by Gasteiger charge is -2.39. The van der Waals surface area contributed by atoms with Gasteiger partial charge in [0.2, 0.25) is 0 Å². The van der Waals surface area contributed by atoms with Crippen molar-refractivity contribution >= 4 is 5.69 Å². The summed E-state index contributed by atoms with van der Waals surface area (Å²) in [6, 6.07) is 6.72. The Hall–Kier alpha value is -1.17. The van der Waals surface area contributed by atoms with Crippen LogP contribution in [0.25, 0.3) is 0 Å². The van der Waals surface area contributed by atoms with Crippen molar-refractivity contribution in [2.75, 3.05) is 44.2 Å². The Kier molecular flexibility index (Phi) is 5.93. The van der Waals surface area contributed by atoms with Crippen LogP contribution in [0.15, 0.2) is 24.3 Å². The number of anilines is 1. The molecule has 1 aromatic rings. The van der Waals surface area contributed by atoms with Gasteiger partial charge in [-0.3, -0.25) is 4.90 Å². The largest absolute Gasteiger partial charge is 0.392 e. The summed E-state index contributed by atoms with van der Waals surface area (Å²) < 4.78 is 19.4. The summed E-state index contributed by atoms with van der Waals surface area (Å²) in [6.45, 7) is 12.2. The summed E-state index contributed by atoms with van der Waals surface area (Å²) >= 11 is 0. The zero-order valence-electron chi connectivity index (χ0n) is 18.2. The summed E-state index contributed by atoms with van der Waals surface area (Å²) in [7, 11) is 0. The molecule has 4 rings (SSSR count). The van der Waals surface area contributed by atoms with Gasteiger partial charge in [0.15, 0.2) is 0 Å². The maximum atomic E-state index is 13.1. The van der Waals surface area contributed by atoms with E-state index in [-0.39, 0.29) is 11.9 Å². The SMILES string of the molecule is CC1(C)[C@@H]2CC[C@@]1(C)[C@H](OCC[C@H](O)CN1CCN(c3ccc(F)cc3)CC1)C2. The summed E-state index contributed by atoms with van der Waals surface area (Å²) in [5, 5.41) is 10.5. The van der Waals surface area contributed by atoms with E-state index in [0.29, 0.717) is 36.5 Å². The van der Waals surface area contributed by atoms with E-state index in [1.54, 1.807) is 0 Å². The second-order valence-electron chi connectivity index (χ2n) is 10.2. The number of hydrogen-bond acceptors (Lipinski definition) is 4. The highest BCUT2D eigenvalue weighted by Gasteiger charge is 2.61. The number of fused-ring (bicyclic) bond motifs is 2. The maximum absolute atomic E-state index is 13.1. The number of ether oxygens (including phenoxy) is 1. The molecule has 0 spiro atoms. The van der Waals surface area contributed by atoms with Crippen molar-refractivity contribution in [1.29, 1.82) is 0 Å². The van der Waals surface area contributed by atoms with Gasteiger partial charge in [0.05, 0.1) is 12.2 Å². The van der Waals surface area contributed by atoms with Crippen molar-refractivity contribution < 1.29 is 14.2 Å². The van der Waals surface area contributed by atoms with Crippen LogP contribution in [0.4, 0.5) is 10.1 Å². The Morgan fingerprint density at radius 3 is 2.41 bits per heavy atom. The zero-order chi connectivity index (χ0) is 20.6. The lowest BCUT2D eigenvalue weighted by molar-refractivity contribution is -0.0564. The monoisotopic (exact) mass is 404 g/mol. The molecule has 3 fully saturated rings. The number of aliphatic hydroxyl groups is 1. The Morgan fingerprint density at radius 1 is 1.14 bits per heavy atom. The minimum atomic E-state index is -0.341. The Morgan fingerprint density at radius 2 is 1.83 bits per heavy atom. The number of β-amino-alcohol motifs (C(OH)–C–C–N with tert-alkyl or cyclic N) is 1.